The van der Waals surface area contributed by atoms with Crippen LogP contribution in [0.15, 0.2) is 24.3 Å². The summed E-state index contributed by atoms with van der Waals surface area (Å²) < 4.78 is 0. The lowest BCUT2D eigenvalue weighted by Gasteiger charge is -2.14. The van der Waals surface area contributed by atoms with E-state index < -0.39 is 17.3 Å². The number of nitrogens with one attached hydrogen (secondary N) is 2. The molecule has 1 saturated carbocycles. The minimum atomic E-state index is -1.24. The van der Waals surface area contributed by atoms with Gasteiger partial charge in [-0.15, -0.1) is 0 Å². The number of hydrogen-bond donors (Lipinski definition) is 3. The van der Waals surface area contributed by atoms with Crippen molar-refractivity contribution in [3.63, 3.8) is 0 Å². The van der Waals surface area contributed by atoms with Crippen LogP contribution < -0.4 is 10.6 Å². The number of carboxylic acids is 1. The molecule has 1 fully saturated rings. The van der Waals surface area contributed by atoms with Crippen molar-refractivity contribution >= 4 is 23.6 Å². The zero-order valence-electron chi connectivity index (χ0n) is 12.5. The molecule has 1 aromatic carbocycles. The van der Waals surface area contributed by atoms with Gasteiger partial charge < -0.3 is 20.6 Å². The van der Waals surface area contributed by atoms with E-state index in [1.807, 2.05) is 0 Å². The highest BCUT2D eigenvalue weighted by molar-refractivity contribution is 6.04. The number of hydrogen-bond acceptors (Lipinski definition) is 3. The van der Waals surface area contributed by atoms with Gasteiger partial charge in [0, 0.05) is 26.3 Å². The highest BCUT2D eigenvalue weighted by atomic mass is 16.4. The Morgan fingerprint density at radius 1 is 1.27 bits per heavy atom. The summed E-state index contributed by atoms with van der Waals surface area (Å²) >= 11 is 0. The second kappa shape index (κ2) is 6.05. The highest BCUT2D eigenvalue weighted by Gasteiger charge is 2.56. The molecule has 0 radical (unpaired) electrons. The minimum Gasteiger partial charge on any atom is -0.480 e. The van der Waals surface area contributed by atoms with Crippen LogP contribution in [-0.4, -0.2) is 42.0 Å². The number of amides is 3. The van der Waals surface area contributed by atoms with Gasteiger partial charge in [-0.3, -0.25) is 9.59 Å². The standard InChI is InChI=1S/C15H19N3O4/c1-18(2)14(22)17-11-5-3-4-10(8-11)9-16-12(19)15(6-7-15)13(20)21/h3-5,8H,6-7,9H2,1-2H3,(H,16,19)(H,17,22)(H,20,21). The Morgan fingerprint density at radius 3 is 2.50 bits per heavy atom. The number of nitrogens with zero attached hydrogens (tertiary/aromatic N) is 1. The molecule has 0 bridgehead atoms. The first kappa shape index (κ1) is 15.8. The van der Waals surface area contributed by atoms with Crippen LogP contribution >= 0.6 is 0 Å². The number of anilines is 1. The topological polar surface area (TPSA) is 98.7 Å². The van der Waals surface area contributed by atoms with E-state index in [9.17, 15) is 14.4 Å². The third-order valence-electron chi connectivity index (χ3n) is 3.63. The van der Waals surface area contributed by atoms with Crippen LogP contribution in [0.2, 0.25) is 0 Å². The SMILES string of the molecule is CN(C)C(=O)Nc1cccc(CNC(=O)C2(C(=O)O)CC2)c1. The second-order valence-corrected chi connectivity index (χ2v) is 5.59. The van der Waals surface area contributed by atoms with Crippen LogP contribution in [0.4, 0.5) is 10.5 Å². The second-order valence-electron chi connectivity index (χ2n) is 5.59. The predicted molar refractivity (Wildman–Crippen MR) is 80.3 cm³/mol. The Bertz CT molecular complexity index is 609. The minimum absolute atomic E-state index is 0.222. The van der Waals surface area contributed by atoms with Crippen molar-refractivity contribution in [1.82, 2.24) is 10.2 Å². The van der Waals surface area contributed by atoms with Gasteiger partial charge in [0.25, 0.3) is 0 Å². The first-order valence-corrected chi connectivity index (χ1v) is 6.94. The van der Waals surface area contributed by atoms with Gasteiger partial charge in [0.2, 0.25) is 5.91 Å². The summed E-state index contributed by atoms with van der Waals surface area (Å²) in [7, 11) is 3.28. The number of carbonyl (C=O) groups is 3. The molecule has 0 spiro atoms. The maximum absolute atomic E-state index is 11.9. The first-order valence-electron chi connectivity index (χ1n) is 6.94. The first-order chi connectivity index (χ1) is 10.3. The van der Waals surface area contributed by atoms with Crippen LogP contribution in [0.3, 0.4) is 0 Å². The van der Waals surface area contributed by atoms with E-state index in [2.05, 4.69) is 10.6 Å². The van der Waals surface area contributed by atoms with Gasteiger partial charge in [0.05, 0.1) is 0 Å². The van der Waals surface area contributed by atoms with Crippen molar-refractivity contribution in [3.8, 4) is 0 Å². The van der Waals surface area contributed by atoms with E-state index in [1.54, 1.807) is 38.4 Å². The molecule has 0 heterocycles. The van der Waals surface area contributed by atoms with Crippen LogP contribution in [0, 0.1) is 5.41 Å². The number of aliphatic carboxylic acids is 1. The Morgan fingerprint density at radius 2 is 1.95 bits per heavy atom. The lowest BCUT2D eigenvalue weighted by Crippen LogP contribution is -2.36. The number of carboxylic acid groups (broad SMARTS) is 1. The van der Waals surface area contributed by atoms with Crippen molar-refractivity contribution < 1.29 is 19.5 Å². The number of carbonyl (C=O) groups excluding carboxylic acids is 2. The van der Waals surface area contributed by atoms with Gasteiger partial charge in [0.15, 0.2) is 0 Å². The number of benzene rings is 1. The van der Waals surface area contributed by atoms with Crippen molar-refractivity contribution in [2.75, 3.05) is 19.4 Å². The maximum atomic E-state index is 11.9. The van der Waals surface area contributed by atoms with Gasteiger partial charge in [0.1, 0.15) is 5.41 Å². The number of urea groups is 1. The summed E-state index contributed by atoms with van der Waals surface area (Å²) in [5.41, 5.74) is 0.160. The molecule has 3 amide bonds. The molecule has 1 aliphatic rings. The molecular weight excluding hydrogens is 286 g/mol. The Labute approximate surface area is 128 Å². The van der Waals surface area contributed by atoms with E-state index in [0.717, 1.165) is 5.56 Å². The van der Waals surface area contributed by atoms with Gasteiger partial charge in [-0.1, -0.05) is 12.1 Å². The molecule has 0 aromatic heterocycles. The fourth-order valence-corrected chi connectivity index (χ4v) is 2.01. The fourth-order valence-electron chi connectivity index (χ4n) is 2.01. The van der Waals surface area contributed by atoms with Crippen molar-refractivity contribution in [3.05, 3.63) is 29.8 Å². The molecule has 0 unspecified atom stereocenters. The van der Waals surface area contributed by atoms with E-state index in [-0.39, 0.29) is 12.6 Å². The highest BCUT2D eigenvalue weighted by Crippen LogP contribution is 2.46. The summed E-state index contributed by atoms with van der Waals surface area (Å²) in [6.45, 7) is 0.222. The molecule has 3 N–H and O–H groups in total. The smallest absolute Gasteiger partial charge is 0.321 e. The largest absolute Gasteiger partial charge is 0.480 e. The maximum Gasteiger partial charge on any atom is 0.321 e. The molecule has 1 aliphatic carbocycles. The molecule has 0 saturated heterocycles. The molecule has 1 aromatic rings. The summed E-state index contributed by atoms with van der Waals surface area (Å²) in [5, 5.41) is 14.4. The van der Waals surface area contributed by atoms with Gasteiger partial charge in [-0.25, -0.2) is 4.79 Å². The number of rotatable bonds is 5. The van der Waals surface area contributed by atoms with E-state index in [0.29, 0.717) is 18.5 Å². The zero-order chi connectivity index (χ0) is 16.3. The zero-order valence-corrected chi connectivity index (χ0v) is 12.5. The Kier molecular flexibility index (Phi) is 4.35. The Balaban J connectivity index is 1.95. The summed E-state index contributed by atoms with van der Waals surface area (Å²) in [4.78, 5) is 36.0. The van der Waals surface area contributed by atoms with E-state index in [4.69, 9.17) is 5.11 Å². The van der Waals surface area contributed by atoms with Crippen molar-refractivity contribution in [2.24, 2.45) is 5.41 Å². The molecule has 0 atom stereocenters. The molecule has 7 nitrogen and oxygen atoms in total. The molecule has 118 valence electrons. The molecule has 22 heavy (non-hydrogen) atoms. The summed E-state index contributed by atoms with van der Waals surface area (Å²) in [6, 6.07) is 6.79. The van der Waals surface area contributed by atoms with Gasteiger partial charge in [-0.2, -0.15) is 0 Å². The van der Waals surface area contributed by atoms with Crippen LogP contribution in [0.1, 0.15) is 18.4 Å². The lowest BCUT2D eigenvalue weighted by molar-refractivity contribution is -0.149. The molecular formula is C15H19N3O4. The molecule has 2 rings (SSSR count). The normalized spacial score (nSPS) is 14.8. The third kappa shape index (κ3) is 3.36. The monoisotopic (exact) mass is 305 g/mol. The van der Waals surface area contributed by atoms with Crippen LogP contribution in [0.5, 0.6) is 0 Å². The quantitative estimate of drug-likeness (QED) is 0.713. The average molecular weight is 305 g/mol. The van der Waals surface area contributed by atoms with E-state index >= 15 is 0 Å². The van der Waals surface area contributed by atoms with Gasteiger partial charge in [-0.05, 0) is 30.5 Å². The summed E-state index contributed by atoms with van der Waals surface area (Å²) in [6.07, 6.45) is 0.764. The van der Waals surface area contributed by atoms with Crippen LogP contribution in [-0.2, 0) is 16.1 Å². The lowest BCUT2D eigenvalue weighted by atomic mass is 10.1. The summed E-state index contributed by atoms with van der Waals surface area (Å²) in [5.74, 6) is -1.53. The van der Waals surface area contributed by atoms with Crippen molar-refractivity contribution in [2.45, 2.75) is 19.4 Å². The van der Waals surface area contributed by atoms with E-state index in [1.165, 1.54) is 4.90 Å². The molecule has 7 heteroatoms. The van der Waals surface area contributed by atoms with Crippen LogP contribution in [0.25, 0.3) is 0 Å². The Hall–Kier alpha value is -2.57. The predicted octanol–water partition coefficient (Wildman–Crippen LogP) is 1.26. The fraction of sp³-hybridized carbons (Fsp3) is 0.400. The van der Waals surface area contributed by atoms with Gasteiger partial charge >= 0.3 is 12.0 Å². The third-order valence-corrected chi connectivity index (χ3v) is 3.63. The average Bonchev–Trinajstić information content (AvgIpc) is 3.26. The van der Waals surface area contributed by atoms with Crippen molar-refractivity contribution in [1.29, 1.82) is 0 Å². The molecule has 0 aliphatic heterocycles.